The third kappa shape index (κ3) is 3.04. The Morgan fingerprint density at radius 1 is 1.61 bits per heavy atom. The van der Waals surface area contributed by atoms with E-state index in [0.717, 1.165) is 28.0 Å². The zero-order valence-corrected chi connectivity index (χ0v) is 10.5. The predicted octanol–water partition coefficient (Wildman–Crippen LogP) is 2.30. The van der Waals surface area contributed by atoms with Crippen molar-refractivity contribution in [3.63, 3.8) is 0 Å². The maximum absolute atomic E-state index is 10.3. The number of carboxylic acid groups (broad SMARTS) is 1. The van der Waals surface area contributed by atoms with Gasteiger partial charge in [0.25, 0.3) is 0 Å². The maximum atomic E-state index is 10.3. The summed E-state index contributed by atoms with van der Waals surface area (Å²) in [5, 5.41) is 9.21. The third-order valence-corrected chi connectivity index (χ3v) is 3.07. The fraction of sp³-hybridized carbons (Fsp3) is 0.167. The van der Waals surface area contributed by atoms with E-state index in [0.29, 0.717) is 5.75 Å². The van der Waals surface area contributed by atoms with Gasteiger partial charge in [-0.1, -0.05) is 17.8 Å². The van der Waals surface area contributed by atoms with Gasteiger partial charge in [0.05, 0.1) is 18.1 Å². The summed E-state index contributed by atoms with van der Waals surface area (Å²) in [4.78, 5) is 17.8. The number of hydrogen-bond donors (Lipinski definition) is 2. The highest BCUT2D eigenvalue weighted by Crippen LogP contribution is 2.22. The van der Waals surface area contributed by atoms with Crippen LogP contribution >= 0.6 is 11.8 Å². The summed E-state index contributed by atoms with van der Waals surface area (Å²) in [6.45, 7) is 0. The molecular weight excluding hydrogens is 252 g/mol. The molecule has 2 N–H and O–H groups in total. The van der Waals surface area contributed by atoms with Crippen molar-refractivity contribution in [1.82, 2.24) is 9.97 Å². The van der Waals surface area contributed by atoms with Crippen LogP contribution in [0, 0.1) is 0 Å². The molecule has 1 aromatic heterocycles. The number of ether oxygens (including phenoxy) is 1. The minimum absolute atomic E-state index is 0.559. The van der Waals surface area contributed by atoms with Crippen molar-refractivity contribution in [2.75, 3.05) is 12.9 Å². The Kier molecular flexibility index (Phi) is 3.88. The lowest BCUT2D eigenvalue weighted by atomic mass is 10.3. The maximum Gasteiger partial charge on any atom is 0.328 e. The molecule has 2 rings (SSSR count). The lowest BCUT2D eigenvalue weighted by Gasteiger charge is -1.96. The fourth-order valence-electron chi connectivity index (χ4n) is 1.44. The number of rotatable bonds is 5. The molecule has 1 heterocycles. The number of nitrogens with zero attached hydrogens (tertiary/aromatic N) is 1. The minimum atomic E-state index is -0.940. The molecule has 0 aliphatic carbocycles. The van der Waals surface area contributed by atoms with E-state index in [1.807, 2.05) is 18.2 Å². The van der Waals surface area contributed by atoms with E-state index >= 15 is 0 Å². The van der Waals surface area contributed by atoms with Gasteiger partial charge in [-0.2, -0.15) is 0 Å². The number of aromatic amines is 1. The second-order valence-electron chi connectivity index (χ2n) is 3.48. The van der Waals surface area contributed by atoms with E-state index in [4.69, 9.17) is 9.84 Å². The van der Waals surface area contributed by atoms with E-state index < -0.39 is 5.97 Å². The second kappa shape index (κ2) is 5.59. The lowest BCUT2D eigenvalue weighted by molar-refractivity contribution is -0.131. The highest BCUT2D eigenvalue weighted by Gasteiger charge is 2.03. The van der Waals surface area contributed by atoms with Crippen LogP contribution in [0.3, 0.4) is 0 Å². The van der Waals surface area contributed by atoms with Gasteiger partial charge in [-0.25, -0.2) is 9.78 Å². The number of imidazole rings is 1. The average molecular weight is 264 g/mol. The Labute approximate surface area is 108 Å². The number of hydrogen-bond acceptors (Lipinski definition) is 4. The third-order valence-electron chi connectivity index (χ3n) is 2.24. The molecule has 0 amide bonds. The molecule has 0 saturated carbocycles. The van der Waals surface area contributed by atoms with Crippen molar-refractivity contribution in [2.45, 2.75) is 5.16 Å². The molecule has 6 heteroatoms. The fourth-order valence-corrected chi connectivity index (χ4v) is 2.13. The van der Waals surface area contributed by atoms with Crippen molar-refractivity contribution in [2.24, 2.45) is 0 Å². The van der Waals surface area contributed by atoms with Crippen LogP contribution < -0.4 is 4.74 Å². The van der Waals surface area contributed by atoms with Crippen LogP contribution in [0.25, 0.3) is 11.0 Å². The van der Waals surface area contributed by atoms with E-state index in [2.05, 4.69) is 9.97 Å². The van der Waals surface area contributed by atoms with Gasteiger partial charge in [-0.15, -0.1) is 0 Å². The molecule has 1 aromatic carbocycles. The number of nitrogens with one attached hydrogen (secondary N) is 1. The Bertz CT molecular complexity index is 592. The first-order valence-corrected chi connectivity index (χ1v) is 6.23. The van der Waals surface area contributed by atoms with E-state index in [-0.39, 0.29) is 0 Å². The van der Waals surface area contributed by atoms with Crippen LogP contribution in [0.2, 0.25) is 0 Å². The summed E-state index contributed by atoms with van der Waals surface area (Å²) < 4.78 is 5.13. The Hall–Kier alpha value is -1.95. The van der Waals surface area contributed by atoms with Crippen molar-refractivity contribution in [3.8, 4) is 5.75 Å². The summed E-state index contributed by atoms with van der Waals surface area (Å²) in [5.74, 6) is 0.391. The first-order valence-electron chi connectivity index (χ1n) is 5.25. The Morgan fingerprint density at radius 2 is 2.44 bits per heavy atom. The van der Waals surface area contributed by atoms with Gasteiger partial charge in [-0.3, -0.25) is 0 Å². The zero-order chi connectivity index (χ0) is 13.0. The molecule has 5 nitrogen and oxygen atoms in total. The number of carboxylic acids is 1. The monoisotopic (exact) mass is 264 g/mol. The molecular formula is C12H12N2O3S. The Morgan fingerprint density at radius 3 is 3.17 bits per heavy atom. The van der Waals surface area contributed by atoms with E-state index in [1.54, 1.807) is 13.2 Å². The first-order chi connectivity index (χ1) is 8.69. The number of aliphatic carboxylic acids is 1. The molecule has 2 aromatic rings. The number of fused-ring (bicyclic) bond motifs is 1. The van der Waals surface area contributed by atoms with Crippen molar-refractivity contribution < 1.29 is 14.6 Å². The summed E-state index contributed by atoms with van der Waals surface area (Å²) in [7, 11) is 1.61. The van der Waals surface area contributed by atoms with Crippen molar-refractivity contribution in [1.29, 1.82) is 0 Å². The second-order valence-corrected chi connectivity index (χ2v) is 4.49. The van der Waals surface area contributed by atoms with Crippen LogP contribution in [0.4, 0.5) is 0 Å². The largest absolute Gasteiger partial charge is 0.497 e. The van der Waals surface area contributed by atoms with Gasteiger partial charge >= 0.3 is 5.97 Å². The quantitative estimate of drug-likeness (QED) is 0.640. The van der Waals surface area contributed by atoms with Crippen LogP contribution in [-0.4, -0.2) is 33.9 Å². The highest BCUT2D eigenvalue weighted by atomic mass is 32.2. The smallest absolute Gasteiger partial charge is 0.328 e. The molecule has 0 atom stereocenters. The standard InChI is InChI=1S/C12H12N2O3S/c1-17-8-4-5-9-10(7-8)14-12(13-9)18-6-2-3-11(15)16/h2-5,7H,6H2,1H3,(H,13,14)(H,15,16). The minimum Gasteiger partial charge on any atom is -0.497 e. The van der Waals surface area contributed by atoms with Crippen LogP contribution in [0.1, 0.15) is 0 Å². The average Bonchev–Trinajstić information content (AvgIpc) is 2.75. The van der Waals surface area contributed by atoms with E-state index in [9.17, 15) is 4.79 Å². The molecule has 0 unspecified atom stereocenters. The lowest BCUT2D eigenvalue weighted by Crippen LogP contribution is -1.86. The number of carbonyl (C=O) groups is 1. The van der Waals surface area contributed by atoms with Gasteiger partial charge in [0.15, 0.2) is 5.16 Å². The Balaban J connectivity index is 2.08. The summed E-state index contributed by atoms with van der Waals surface area (Å²) >= 11 is 1.44. The topological polar surface area (TPSA) is 75.2 Å². The summed E-state index contributed by atoms with van der Waals surface area (Å²) in [6.07, 6.45) is 2.71. The van der Waals surface area contributed by atoms with Crippen molar-refractivity contribution >= 4 is 28.8 Å². The van der Waals surface area contributed by atoms with Crippen molar-refractivity contribution in [3.05, 3.63) is 30.4 Å². The van der Waals surface area contributed by atoms with Gasteiger partial charge in [0.1, 0.15) is 5.75 Å². The molecule has 0 radical (unpaired) electrons. The molecule has 0 fully saturated rings. The van der Waals surface area contributed by atoms with E-state index in [1.165, 1.54) is 11.8 Å². The van der Waals surface area contributed by atoms with Gasteiger partial charge in [0, 0.05) is 17.9 Å². The number of benzene rings is 1. The molecule has 0 aliphatic heterocycles. The van der Waals surface area contributed by atoms with Gasteiger partial charge < -0.3 is 14.8 Å². The van der Waals surface area contributed by atoms with Crippen LogP contribution in [0.5, 0.6) is 5.75 Å². The number of aromatic nitrogens is 2. The number of thioether (sulfide) groups is 1. The first kappa shape index (κ1) is 12.5. The molecule has 18 heavy (non-hydrogen) atoms. The van der Waals surface area contributed by atoms with Gasteiger partial charge in [-0.05, 0) is 12.1 Å². The summed E-state index contributed by atoms with van der Waals surface area (Å²) in [6, 6.07) is 5.60. The highest BCUT2D eigenvalue weighted by molar-refractivity contribution is 7.99. The molecule has 0 spiro atoms. The van der Waals surface area contributed by atoms with Gasteiger partial charge in [0.2, 0.25) is 0 Å². The SMILES string of the molecule is COc1ccc2nc(SCC=CC(=O)O)[nH]c2c1. The predicted molar refractivity (Wildman–Crippen MR) is 70.1 cm³/mol. The normalized spacial score (nSPS) is 11.2. The summed E-state index contributed by atoms with van der Waals surface area (Å²) in [5.41, 5.74) is 1.76. The number of H-pyrrole nitrogens is 1. The molecule has 94 valence electrons. The number of methoxy groups -OCH3 is 1. The molecule has 0 bridgehead atoms. The molecule has 0 aliphatic rings. The van der Waals surface area contributed by atoms with Crippen LogP contribution in [0.15, 0.2) is 35.5 Å². The zero-order valence-electron chi connectivity index (χ0n) is 9.71. The molecule has 0 saturated heterocycles. The van der Waals surface area contributed by atoms with Crippen LogP contribution in [-0.2, 0) is 4.79 Å².